The number of anilines is 4. The second-order valence-corrected chi connectivity index (χ2v) is 10.5. The number of aromatic nitrogens is 1. The average Bonchev–Trinajstić information content (AvgIpc) is 3.28. The van der Waals surface area contributed by atoms with Gasteiger partial charge in [-0.15, -0.1) is 11.3 Å². The molecule has 1 saturated heterocycles. The first-order valence-corrected chi connectivity index (χ1v) is 13.1. The summed E-state index contributed by atoms with van der Waals surface area (Å²) in [6.07, 6.45) is 4.98. The number of carbonyl (C=O) groups excluding carboxylic acids is 2. The van der Waals surface area contributed by atoms with Gasteiger partial charge in [-0.25, -0.2) is 4.98 Å². The number of piperidine rings is 1. The summed E-state index contributed by atoms with van der Waals surface area (Å²) in [4.78, 5) is 29.0. The van der Waals surface area contributed by atoms with Crippen LogP contribution in [0.2, 0.25) is 0 Å². The average molecular weight is 499 g/mol. The van der Waals surface area contributed by atoms with Gasteiger partial charge in [-0.3, -0.25) is 9.59 Å². The molecule has 0 spiro atoms. The van der Waals surface area contributed by atoms with Crippen LogP contribution in [0.1, 0.15) is 43.1 Å². The van der Waals surface area contributed by atoms with Crippen molar-refractivity contribution in [3.8, 4) is 0 Å². The number of rotatable bonds is 7. The maximum absolute atomic E-state index is 12.7. The SMILES string of the molecule is CC1(N)CCN(c2ccccc2NC(=O)c2csc(Nc3ccsc3)n2)CC1.O=CNC1CC1. The normalized spacial score (nSPS) is 16.7. The molecule has 2 aliphatic rings. The summed E-state index contributed by atoms with van der Waals surface area (Å²) >= 11 is 3.03. The Balaban J connectivity index is 0.000000398. The predicted octanol–water partition coefficient (Wildman–Crippen LogP) is 4.41. The molecule has 2 aromatic heterocycles. The Kier molecular flexibility index (Phi) is 7.81. The molecule has 0 radical (unpaired) electrons. The van der Waals surface area contributed by atoms with Crippen LogP contribution in [0.15, 0.2) is 46.5 Å². The van der Waals surface area contributed by atoms with Gasteiger partial charge in [0.25, 0.3) is 5.91 Å². The lowest BCUT2D eigenvalue weighted by atomic mass is 9.90. The largest absolute Gasteiger partial charge is 0.370 e. The number of amides is 2. The zero-order valence-electron chi connectivity index (χ0n) is 19.1. The van der Waals surface area contributed by atoms with Crippen LogP contribution >= 0.6 is 22.7 Å². The monoisotopic (exact) mass is 498 g/mol. The van der Waals surface area contributed by atoms with Crippen molar-refractivity contribution in [2.24, 2.45) is 5.73 Å². The number of thiazole rings is 1. The van der Waals surface area contributed by atoms with E-state index in [2.05, 4.69) is 32.8 Å². The van der Waals surface area contributed by atoms with E-state index in [-0.39, 0.29) is 11.4 Å². The van der Waals surface area contributed by atoms with Gasteiger partial charge in [-0.1, -0.05) is 12.1 Å². The molecule has 5 rings (SSSR count). The minimum atomic E-state index is -0.206. The maximum atomic E-state index is 12.7. The van der Waals surface area contributed by atoms with E-state index in [0.717, 1.165) is 49.4 Å². The number of nitrogens with one attached hydrogen (secondary N) is 3. The van der Waals surface area contributed by atoms with Gasteiger partial charge >= 0.3 is 0 Å². The molecule has 1 aliphatic heterocycles. The lowest BCUT2D eigenvalue weighted by Gasteiger charge is -2.38. The van der Waals surface area contributed by atoms with Crippen LogP contribution in [0.25, 0.3) is 0 Å². The van der Waals surface area contributed by atoms with Gasteiger partial charge in [0.2, 0.25) is 6.41 Å². The third-order valence-corrected chi connectivity index (χ3v) is 7.23. The zero-order chi connectivity index (χ0) is 24.0. The molecular weight excluding hydrogens is 468 g/mol. The first-order chi connectivity index (χ1) is 16.4. The summed E-state index contributed by atoms with van der Waals surface area (Å²) < 4.78 is 0. The van der Waals surface area contributed by atoms with Crippen molar-refractivity contribution >= 4 is 57.2 Å². The number of nitrogens with zero attached hydrogens (tertiary/aromatic N) is 2. The molecule has 10 heteroatoms. The molecule has 0 unspecified atom stereocenters. The standard InChI is InChI=1S/C20H23N5OS2.C4H7NO/c1-20(21)7-9-25(10-8-20)17-5-3-2-4-15(17)23-18(26)16-13-28-19(24-16)22-14-6-11-27-12-14;6-3-5-4-1-2-4/h2-6,11-13H,7-10,21H2,1H3,(H,22,24)(H,23,26);3-4H,1-2H2,(H,5,6). The van der Waals surface area contributed by atoms with Crippen molar-refractivity contribution in [1.29, 1.82) is 0 Å². The Labute approximate surface area is 207 Å². The Hall–Kier alpha value is -2.95. The van der Waals surface area contributed by atoms with E-state index in [4.69, 9.17) is 5.73 Å². The molecule has 0 bridgehead atoms. The Morgan fingerprint density at radius 2 is 1.97 bits per heavy atom. The lowest BCUT2D eigenvalue weighted by Crippen LogP contribution is -2.48. The van der Waals surface area contributed by atoms with Crippen molar-refractivity contribution in [3.05, 3.63) is 52.2 Å². The van der Waals surface area contributed by atoms with Gasteiger partial charge in [0.1, 0.15) is 5.69 Å². The molecule has 1 aliphatic carbocycles. The van der Waals surface area contributed by atoms with Gasteiger partial charge in [0, 0.05) is 35.4 Å². The highest BCUT2D eigenvalue weighted by Gasteiger charge is 2.27. The van der Waals surface area contributed by atoms with E-state index in [1.54, 1.807) is 16.7 Å². The molecule has 2 amide bonds. The number of nitrogens with two attached hydrogens (primary N) is 1. The highest BCUT2D eigenvalue weighted by molar-refractivity contribution is 7.14. The molecule has 34 heavy (non-hydrogen) atoms. The molecule has 1 saturated carbocycles. The highest BCUT2D eigenvalue weighted by atomic mass is 32.1. The Morgan fingerprint density at radius 1 is 1.21 bits per heavy atom. The fourth-order valence-corrected chi connectivity index (χ4v) is 4.84. The minimum absolute atomic E-state index is 0.110. The van der Waals surface area contributed by atoms with Crippen molar-refractivity contribution in [2.75, 3.05) is 28.6 Å². The summed E-state index contributed by atoms with van der Waals surface area (Å²) in [6, 6.07) is 10.4. The molecule has 3 aromatic rings. The smallest absolute Gasteiger partial charge is 0.275 e. The lowest BCUT2D eigenvalue weighted by molar-refractivity contribution is -0.109. The van der Waals surface area contributed by atoms with E-state index < -0.39 is 0 Å². The second kappa shape index (κ2) is 11.0. The molecular formula is C24H30N6O2S2. The van der Waals surface area contributed by atoms with Crippen molar-refractivity contribution in [3.63, 3.8) is 0 Å². The van der Waals surface area contributed by atoms with E-state index in [0.29, 0.717) is 16.9 Å². The quantitative estimate of drug-likeness (QED) is 0.359. The summed E-state index contributed by atoms with van der Waals surface area (Å²) in [5.41, 5.74) is 9.36. The van der Waals surface area contributed by atoms with Crippen LogP contribution in [0.3, 0.4) is 0 Å². The van der Waals surface area contributed by atoms with Crippen LogP contribution in [-0.2, 0) is 4.79 Å². The minimum Gasteiger partial charge on any atom is -0.370 e. The molecule has 1 aromatic carbocycles. The first kappa shape index (κ1) is 24.2. The molecule has 8 nitrogen and oxygen atoms in total. The summed E-state index contributed by atoms with van der Waals surface area (Å²) in [7, 11) is 0. The number of para-hydroxylation sites is 2. The number of thiophene rings is 1. The fraction of sp³-hybridized carbons (Fsp3) is 0.375. The van der Waals surface area contributed by atoms with Gasteiger partial charge in [-0.2, -0.15) is 11.3 Å². The molecule has 0 atom stereocenters. The van der Waals surface area contributed by atoms with Gasteiger partial charge in [0.15, 0.2) is 5.13 Å². The van der Waals surface area contributed by atoms with Crippen LogP contribution < -0.4 is 26.6 Å². The van der Waals surface area contributed by atoms with Crippen LogP contribution in [-0.4, -0.2) is 42.0 Å². The van der Waals surface area contributed by atoms with Gasteiger partial charge in [-0.05, 0) is 56.2 Å². The van der Waals surface area contributed by atoms with Crippen molar-refractivity contribution in [1.82, 2.24) is 10.3 Å². The van der Waals surface area contributed by atoms with Crippen LogP contribution in [0, 0.1) is 0 Å². The third kappa shape index (κ3) is 6.78. The van der Waals surface area contributed by atoms with E-state index in [1.807, 2.05) is 41.1 Å². The summed E-state index contributed by atoms with van der Waals surface area (Å²) in [5, 5.41) is 15.3. The number of benzene rings is 1. The highest BCUT2D eigenvalue weighted by Crippen LogP contribution is 2.31. The number of hydrogen-bond acceptors (Lipinski definition) is 8. The Morgan fingerprint density at radius 3 is 2.62 bits per heavy atom. The van der Waals surface area contributed by atoms with Crippen molar-refractivity contribution < 1.29 is 9.59 Å². The van der Waals surface area contributed by atoms with E-state index in [9.17, 15) is 9.59 Å². The molecule has 2 fully saturated rings. The molecule has 180 valence electrons. The van der Waals surface area contributed by atoms with E-state index in [1.165, 1.54) is 24.2 Å². The summed E-state index contributed by atoms with van der Waals surface area (Å²) in [5.74, 6) is -0.206. The Bertz CT molecular complexity index is 1080. The van der Waals surface area contributed by atoms with E-state index >= 15 is 0 Å². The van der Waals surface area contributed by atoms with Crippen LogP contribution in [0.5, 0.6) is 0 Å². The van der Waals surface area contributed by atoms with Crippen LogP contribution in [0.4, 0.5) is 22.2 Å². The third-order valence-electron chi connectivity index (χ3n) is 5.79. The number of hydrogen-bond donors (Lipinski definition) is 4. The van der Waals surface area contributed by atoms with Crippen molar-refractivity contribution in [2.45, 2.75) is 44.2 Å². The van der Waals surface area contributed by atoms with Gasteiger partial charge in [0.05, 0.1) is 17.1 Å². The second-order valence-electron chi connectivity index (χ2n) is 8.85. The molecule has 3 heterocycles. The van der Waals surface area contributed by atoms with Gasteiger partial charge < -0.3 is 26.6 Å². The number of carbonyl (C=O) groups is 2. The predicted molar refractivity (Wildman–Crippen MR) is 140 cm³/mol. The fourth-order valence-electron chi connectivity index (χ4n) is 3.54. The zero-order valence-corrected chi connectivity index (χ0v) is 20.8. The summed E-state index contributed by atoms with van der Waals surface area (Å²) in [6.45, 7) is 3.86. The molecule has 5 N–H and O–H groups in total. The first-order valence-electron chi connectivity index (χ1n) is 11.3. The maximum Gasteiger partial charge on any atom is 0.275 e. The topological polar surface area (TPSA) is 112 Å².